The Balaban J connectivity index is 2.26. The van der Waals surface area contributed by atoms with E-state index in [2.05, 4.69) is 5.32 Å². The Bertz CT molecular complexity index is 986. The van der Waals surface area contributed by atoms with Crippen LogP contribution in [0.1, 0.15) is 12.5 Å². The SMILES string of the molecule is C[C@@H](C(=O)Nc1ccc(CC#N)cc1)N(c1ccc(F)c(F)c1)S(C)(=O)=O. The van der Waals surface area contributed by atoms with E-state index in [9.17, 15) is 22.0 Å². The van der Waals surface area contributed by atoms with Crippen molar-refractivity contribution in [1.29, 1.82) is 5.26 Å². The molecule has 0 radical (unpaired) electrons. The maximum Gasteiger partial charge on any atom is 0.247 e. The van der Waals surface area contributed by atoms with Crippen molar-refractivity contribution in [3.63, 3.8) is 0 Å². The van der Waals surface area contributed by atoms with Gasteiger partial charge >= 0.3 is 0 Å². The van der Waals surface area contributed by atoms with E-state index in [1.807, 2.05) is 6.07 Å². The zero-order chi connectivity index (χ0) is 20.2. The van der Waals surface area contributed by atoms with E-state index in [4.69, 9.17) is 5.26 Å². The first kappa shape index (κ1) is 20.3. The normalized spacial score (nSPS) is 12.1. The van der Waals surface area contributed by atoms with Crippen LogP contribution in [-0.2, 0) is 21.2 Å². The summed E-state index contributed by atoms with van der Waals surface area (Å²) in [7, 11) is -3.95. The van der Waals surface area contributed by atoms with Crippen LogP contribution in [0, 0.1) is 23.0 Å². The summed E-state index contributed by atoms with van der Waals surface area (Å²) in [6.07, 6.45) is 1.09. The number of anilines is 2. The highest BCUT2D eigenvalue weighted by molar-refractivity contribution is 7.92. The van der Waals surface area contributed by atoms with E-state index in [0.717, 1.165) is 34.3 Å². The monoisotopic (exact) mass is 393 g/mol. The van der Waals surface area contributed by atoms with Gasteiger partial charge in [-0.05, 0) is 36.8 Å². The van der Waals surface area contributed by atoms with Crippen molar-refractivity contribution >= 4 is 27.3 Å². The van der Waals surface area contributed by atoms with Crippen molar-refractivity contribution in [1.82, 2.24) is 0 Å². The lowest BCUT2D eigenvalue weighted by Crippen LogP contribution is -2.45. The maximum absolute atomic E-state index is 13.5. The molecule has 0 saturated carbocycles. The van der Waals surface area contributed by atoms with Gasteiger partial charge in [0.05, 0.1) is 24.4 Å². The Hall–Kier alpha value is -2.99. The average Bonchev–Trinajstić information content (AvgIpc) is 2.59. The number of rotatable bonds is 6. The van der Waals surface area contributed by atoms with Gasteiger partial charge in [0, 0.05) is 11.8 Å². The number of halogens is 2. The molecule has 2 rings (SSSR count). The lowest BCUT2D eigenvalue weighted by atomic mass is 10.1. The lowest BCUT2D eigenvalue weighted by molar-refractivity contribution is -0.116. The van der Waals surface area contributed by atoms with Crippen LogP contribution in [-0.4, -0.2) is 26.6 Å². The summed E-state index contributed by atoms with van der Waals surface area (Å²) in [4.78, 5) is 12.5. The average molecular weight is 393 g/mol. The number of amides is 1. The van der Waals surface area contributed by atoms with Gasteiger partial charge in [0.15, 0.2) is 11.6 Å². The molecule has 0 fully saturated rings. The molecule has 0 heterocycles. The summed E-state index contributed by atoms with van der Waals surface area (Å²) in [5.41, 5.74) is 1.01. The molecule has 0 aliphatic carbocycles. The van der Waals surface area contributed by atoms with Crippen molar-refractivity contribution in [3.8, 4) is 6.07 Å². The molecular weight excluding hydrogens is 376 g/mol. The molecule has 1 atom stereocenters. The van der Waals surface area contributed by atoms with Gasteiger partial charge in [-0.3, -0.25) is 9.10 Å². The Morgan fingerprint density at radius 1 is 1.19 bits per heavy atom. The molecule has 0 aliphatic heterocycles. The van der Waals surface area contributed by atoms with Gasteiger partial charge in [0.2, 0.25) is 15.9 Å². The van der Waals surface area contributed by atoms with Crippen LogP contribution in [0.15, 0.2) is 42.5 Å². The van der Waals surface area contributed by atoms with Crippen molar-refractivity contribution < 1.29 is 22.0 Å². The second-order valence-electron chi connectivity index (χ2n) is 5.85. The van der Waals surface area contributed by atoms with Crippen molar-refractivity contribution in [3.05, 3.63) is 59.7 Å². The smallest absolute Gasteiger partial charge is 0.247 e. The first-order valence-corrected chi connectivity index (χ1v) is 9.69. The molecule has 27 heavy (non-hydrogen) atoms. The zero-order valence-electron chi connectivity index (χ0n) is 14.6. The minimum atomic E-state index is -3.95. The van der Waals surface area contributed by atoms with Gasteiger partial charge in [-0.2, -0.15) is 5.26 Å². The predicted octanol–water partition coefficient (Wildman–Crippen LogP) is 2.82. The molecule has 2 aromatic carbocycles. The fraction of sp³-hybridized carbons (Fsp3) is 0.222. The molecule has 0 unspecified atom stereocenters. The van der Waals surface area contributed by atoms with Crippen LogP contribution >= 0.6 is 0 Å². The molecule has 0 bridgehead atoms. The highest BCUT2D eigenvalue weighted by atomic mass is 32.2. The summed E-state index contributed by atoms with van der Waals surface area (Å²) >= 11 is 0. The molecule has 142 valence electrons. The Kier molecular flexibility index (Phi) is 6.13. The Labute approximate surface area is 156 Å². The standard InChI is InChI=1S/C18H17F2N3O3S/c1-12(18(24)22-14-5-3-13(4-6-14)9-10-21)23(27(2,25)26)15-7-8-16(19)17(20)11-15/h3-8,11-12H,9H2,1-2H3,(H,22,24)/t12-/m0/s1. The summed E-state index contributed by atoms with van der Waals surface area (Å²) < 4.78 is 51.7. The van der Waals surface area contributed by atoms with Crippen molar-refractivity contribution in [2.45, 2.75) is 19.4 Å². The summed E-state index contributed by atoms with van der Waals surface area (Å²) in [6.45, 7) is 1.34. The fourth-order valence-corrected chi connectivity index (χ4v) is 3.64. The van der Waals surface area contributed by atoms with E-state index in [1.165, 1.54) is 6.92 Å². The third kappa shape index (κ3) is 5.01. The van der Waals surface area contributed by atoms with Crippen molar-refractivity contribution in [2.75, 3.05) is 15.9 Å². The number of hydrogen-bond donors (Lipinski definition) is 1. The lowest BCUT2D eigenvalue weighted by Gasteiger charge is -2.28. The minimum Gasteiger partial charge on any atom is -0.324 e. The van der Waals surface area contributed by atoms with Crippen LogP contribution in [0.2, 0.25) is 0 Å². The molecule has 1 amide bonds. The van der Waals surface area contributed by atoms with Crippen LogP contribution in [0.5, 0.6) is 0 Å². The van der Waals surface area contributed by atoms with Gasteiger partial charge in [0.1, 0.15) is 6.04 Å². The molecule has 0 aliphatic rings. The zero-order valence-corrected chi connectivity index (χ0v) is 15.4. The van der Waals surface area contributed by atoms with Crippen LogP contribution in [0.25, 0.3) is 0 Å². The van der Waals surface area contributed by atoms with E-state index in [1.54, 1.807) is 24.3 Å². The molecule has 0 spiro atoms. The highest BCUT2D eigenvalue weighted by Crippen LogP contribution is 2.24. The molecule has 2 aromatic rings. The number of hydrogen-bond acceptors (Lipinski definition) is 4. The van der Waals surface area contributed by atoms with Gasteiger partial charge in [-0.1, -0.05) is 12.1 Å². The number of benzene rings is 2. The third-order valence-corrected chi connectivity index (χ3v) is 4.99. The topological polar surface area (TPSA) is 90.3 Å². The van der Waals surface area contributed by atoms with Crippen LogP contribution < -0.4 is 9.62 Å². The van der Waals surface area contributed by atoms with Crippen molar-refractivity contribution in [2.24, 2.45) is 0 Å². The van der Waals surface area contributed by atoms with Crippen LogP contribution in [0.3, 0.4) is 0 Å². The van der Waals surface area contributed by atoms with E-state index in [-0.39, 0.29) is 12.1 Å². The number of nitrogens with one attached hydrogen (secondary N) is 1. The number of nitriles is 1. The van der Waals surface area contributed by atoms with Gasteiger partial charge in [-0.15, -0.1) is 0 Å². The van der Waals surface area contributed by atoms with E-state index >= 15 is 0 Å². The molecule has 1 N–H and O–H groups in total. The largest absolute Gasteiger partial charge is 0.324 e. The highest BCUT2D eigenvalue weighted by Gasteiger charge is 2.29. The molecule has 9 heteroatoms. The number of carbonyl (C=O) groups excluding carboxylic acids is 1. The second kappa shape index (κ2) is 8.14. The summed E-state index contributed by atoms with van der Waals surface area (Å²) in [5, 5.41) is 11.2. The first-order valence-electron chi connectivity index (χ1n) is 7.84. The maximum atomic E-state index is 13.5. The summed E-state index contributed by atoms with van der Waals surface area (Å²) in [5.74, 6) is -3.00. The Morgan fingerprint density at radius 3 is 2.33 bits per heavy atom. The quantitative estimate of drug-likeness (QED) is 0.817. The minimum absolute atomic E-state index is 0.164. The van der Waals surface area contributed by atoms with Gasteiger partial charge in [-0.25, -0.2) is 17.2 Å². The number of sulfonamides is 1. The predicted molar refractivity (Wildman–Crippen MR) is 97.5 cm³/mol. The summed E-state index contributed by atoms with van der Waals surface area (Å²) in [6, 6.07) is 9.86. The molecular formula is C18H17F2N3O3S. The van der Waals surface area contributed by atoms with E-state index in [0.29, 0.717) is 5.69 Å². The van der Waals surface area contributed by atoms with Gasteiger partial charge in [0.25, 0.3) is 0 Å². The van der Waals surface area contributed by atoms with E-state index < -0.39 is 33.6 Å². The first-order chi connectivity index (χ1) is 12.6. The number of nitrogens with zero attached hydrogens (tertiary/aromatic N) is 2. The Morgan fingerprint density at radius 2 is 1.81 bits per heavy atom. The fourth-order valence-electron chi connectivity index (χ4n) is 2.47. The third-order valence-electron chi connectivity index (χ3n) is 3.75. The van der Waals surface area contributed by atoms with Crippen LogP contribution in [0.4, 0.5) is 20.2 Å². The molecule has 0 saturated heterocycles. The van der Waals surface area contributed by atoms with Gasteiger partial charge < -0.3 is 5.32 Å². The molecule has 0 aromatic heterocycles. The number of carbonyl (C=O) groups is 1. The second-order valence-corrected chi connectivity index (χ2v) is 7.71. The molecule has 6 nitrogen and oxygen atoms in total.